The maximum Gasteiger partial charge on any atom is 0.343 e. The van der Waals surface area contributed by atoms with Gasteiger partial charge in [-0.2, -0.15) is 7.11 Å². The fourth-order valence-electron chi connectivity index (χ4n) is 2.80. The molecule has 0 unspecified atom stereocenters. The summed E-state index contributed by atoms with van der Waals surface area (Å²) in [6, 6.07) is 24.7. The van der Waals surface area contributed by atoms with Crippen LogP contribution < -0.4 is 9.47 Å². The Morgan fingerprint density at radius 1 is 0.889 bits per heavy atom. The summed E-state index contributed by atoms with van der Waals surface area (Å²) in [5.74, 6) is 1.12. The molecule has 4 heteroatoms. The van der Waals surface area contributed by atoms with Crippen molar-refractivity contribution in [3.8, 4) is 11.5 Å². The van der Waals surface area contributed by atoms with Crippen molar-refractivity contribution in [1.29, 1.82) is 0 Å². The van der Waals surface area contributed by atoms with Crippen molar-refractivity contribution in [2.24, 2.45) is 0 Å². The van der Waals surface area contributed by atoms with Gasteiger partial charge in [0.15, 0.2) is 0 Å². The summed E-state index contributed by atoms with van der Waals surface area (Å²) >= 11 is 0. The van der Waals surface area contributed by atoms with Crippen LogP contribution in [-0.2, 0) is 39.1 Å². The molecule has 1 radical (unpaired) electrons. The molecule has 3 aromatic carbocycles. The number of ether oxygens (including phenoxy) is 2. The van der Waals surface area contributed by atoms with Gasteiger partial charge in [-0.15, -0.1) is 0 Å². The molecule has 0 aliphatic rings. The van der Waals surface area contributed by atoms with Gasteiger partial charge in [-0.3, -0.25) is 0 Å². The predicted octanol–water partition coefficient (Wildman–Crippen LogP) is 5.42. The predicted molar refractivity (Wildman–Crippen MR) is 102 cm³/mol. The molecule has 3 aromatic rings. The van der Waals surface area contributed by atoms with E-state index >= 15 is 0 Å². The van der Waals surface area contributed by atoms with Crippen LogP contribution in [0.5, 0.6) is 11.5 Å². The third kappa shape index (κ3) is 6.02. The Balaban J connectivity index is 0.00000261. The largest absolute Gasteiger partial charge is 0.665 e. The number of esters is 1. The van der Waals surface area contributed by atoms with Crippen LogP contribution in [0.15, 0.2) is 78.9 Å². The number of hydrogen-bond acceptors (Lipinski definition) is 3. The van der Waals surface area contributed by atoms with E-state index in [9.17, 15) is 4.79 Å². The molecule has 0 saturated carbocycles. The quantitative estimate of drug-likeness (QED) is 0.295. The number of benzene rings is 3. The summed E-state index contributed by atoms with van der Waals surface area (Å²) in [6.07, 6.45) is 0.922. The van der Waals surface area contributed by atoms with E-state index in [2.05, 4.69) is 38.3 Å². The Labute approximate surface area is 185 Å². The SMILES string of the molecule is [CH2-]Oc1ccc(OC(=O)c2ccc(C[C@@H](C)c3ccccc3)cc2)cc1.[Y]. The van der Waals surface area contributed by atoms with Crippen LogP contribution in [0.3, 0.4) is 0 Å². The van der Waals surface area contributed by atoms with Crippen molar-refractivity contribution in [2.45, 2.75) is 19.3 Å². The maximum absolute atomic E-state index is 12.3. The van der Waals surface area contributed by atoms with Gasteiger partial charge in [0.25, 0.3) is 0 Å². The number of carbonyl (C=O) groups excluding carboxylic acids is 1. The fourth-order valence-corrected chi connectivity index (χ4v) is 2.80. The molecule has 3 rings (SSSR count). The molecular formula is C23H21O3Y-. The Hall–Kier alpha value is -1.97. The zero-order chi connectivity index (χ0) is 18.4. The van der Waals surface area contributed by atoms with Crippen LogP contribution >= 0.6 is 0 Å². The van der Waals surface area contributed by atoms with Crippen LogP contribution in [0.25, 0.3) is 0 Å². The summed E-state index contributed by atoms with van der Waals surface area (Å²) in [4.78, 5) is 12.3. The third-order valence-corrected chi connectivity index (χ3v) is 4.30. The second-order valence-electron chi connectivity index (χ2n) is 6.22. The number of rotatable bonds is 6. The third-order valence-electron chi connectivity index (χ3n) is 4.30. The summed E-state index contributed by atoms with van der Waals surface area (Å²) < 4.78 is 10.2. The van der Waals surface area contributed by atoms with E-state index in [-0.39, 0.29) is 38.7 Å². The number of hydrogen-bond donors (Lipinski definition) is 0. The average Bonchev–Trinajstić information content (AvgIpc) is 2.69. The Morgan fingerprint density at radius 2 is 1.48 bits per heavy atom. The van der Waals surface area contributed by atoms with Crippen LogP contribution in [0.4, 0.5) is 0 Å². The smallest absolute Gasteiger partial charge is 0.343 e. The van der Waals surface area contributed by atoms with Gasteiger partial charge in [0, 0.05) is 32.7 Å². The zero-order valence-electron chi connectivity index (χ0n) is 15.3. The first kappa shape index (κ1) is 21.3. The summed E-state index contributed by atoms with van der Waals surface area (Å²) in [5, 5.41) is 0. The molecule has 1 atom stereocenters. The second-order valence-corrected chi connectivity index (χ2v) is 6.22. The molecule has 0 saturated heterocycles. The molecule has 135 valence electrons. The minimum absolute atomic E-state index is 0. The van der Waals surface area contributed by atoms with Crippen molar-refractivity contribution in [3.63, 3.8) is 0 Å². The molecule has 3 nitrogen and oxygen atoms in total. The monoisotopic (exact) mass is 434 g/mol. The van der Waals surface area contributed by atoms with Gasteiger partial charge in [0.1, 0.15) is 5.75 Å². The van der Waals surface area contributed by atoms with E-state index in [0.29, 0.717) is 23.0 Å². The minimum Gasteiger partial charge on any atom is -0.665 e. The van der Waals surface area contributed by atoms with Crippen molar-refractivity contribution in [1.82, 2.24) is 0 Å². The summed E-state index contributed by atoms with van der Waals surface area (Å²) in [6.45, 7) is 2.21. The van der Waals surface area contributed by atoms with Crippen LogP contribution in [-0.4, -0.2) is 5.97 Å². The molecule has 0 aromatic heterocycles. The van der Waals surface area contributed by atoms with E-state index in [4.69, 9.17) is 9.47 Å². The van der Waals surface area contributed by atoms with Gasteiger partial charge in [-0.1, -0.05) is 49.4 Å². The maximum atomic E-state index is 12.3. The molecule has 27 heavy (non-hydrogen) atoms. The molecule has 0 bridgehead atoms. The molecule has 0 fully saturated rings. The van der Waals surface area contributed by atoms with Gasteiger partial charge < -0.3 is 9.47 Å². The van der Waals surface area contributed by atoms with E-state index < -0.39 is 0 Å². The first-order valence-corrected chi connectivity index (χ1v) is 8.54. The van der Waals surface area contributed by atoms with Crippen molar-refractivity contribution in [2.75, 3.05) is 0 Å². The molecule has 0 heterocycles. The van der Waals surface area contributed by atoms with Crippen LogP contribution in [0.1, 0.15) is 34.3 Å². The first-order valence-electron chi connectivity index (χ1n) is 8.54. The van der Waals surface area contributed by atoms with E-state index in [1.807, 2.05) is 30.3 Å². The summed E-state index contributed by atoms with van der Waals surface area (Å²) in [7, 11) is 3.33. The molecule has 0 spiro atoms. The van der Waals surface area contributed by atoms with Crippen molar-refractivity contribution < 1.29 is 47.0 Å². The molecule has 0 amide bonds. The Kier molecular flexibility index (Phi) is 8.21. The van der Waals surface area contributed by atoms with Gasteiger partial charge in [0.2, 0.25) is 0 Å². The molecular weight excluding hydrogens is 413 g/mol. The zero-order valence-corrected chi connectivity index (χ0v) is 18.1. The van der Waals surface area contributed by atoms with Gasteiger partial charge in [-0.05, 0) is 59.9 Å². The normalized spacial score (nSPS) is 11.2. The van der Waals surface area contributed by atoms with Crippen molar-refractivity contribution >= 4 is 5.97 Å². The van der Waals surface area contributed by atoms with Crippen LogP contribution in [0.2, 0.25) is 0 Å². The molecule has 0 aliphatic heterocycles. The van der Waals surface area contributed by atoms with Gasteiger partial charge >= 0.3 is 5.97 Å². The van der Waals surface area contributed by atoms with Crippen LogP contribution in [0, 0.1) is 7.11 Å². The molecule has 0 N–H and O–H groups in total. The molecule has 0 aliphatic carbocycles. The Bertz CT molecular complexity index is 843. The Morgan fingerprint density at radius 3 is 2.07 bits per heavy atom. The van der Waals surface area contributed by atoms with Gasteiger partial charge in [-0.25, -0.2) is 4.79 Å². The fraction of sp³-hybridized carbons (Fsp3) is 0.130. The van der Waals surface area contributed by atoms with E-state index in [1.54, 1.807) is 24.3 Å². The number of carbonyl (C=O) groups is 1. The average molecular weight is 434 g/mol. The minimum atomic E-state index is -0.379. The standard InChI is InChI=1S/C23H21O3.Y/c1-17(19-6-4-3-5-7-19)16-18-8-10-20(11-9-18)23(24)26-22-14-12-21(25-2)13-15-22;/h3-15,17H,2,16H2,1H3;/q-1;/t17-;/m1./s1. The van der Waals surface area contributed by atoms with Crippen molar-refractivity contribution in [3.05, 3.63) is 103 Å². The first-order chi connectivity index (χ1) is 12.7. The second kappa shape index (κ2) is 10.4. The topological polar surface area (TPSA) is 35.5 Å². The van der Waals surface area contributed by atoms with Gasteiger partial charge in [0.05, 0.1) is 11.3 Å². The summed E-state index contributed by atoms with van der Waals surface area (Å²) in [5.41, 5.74) is 3.03. The van der Waals surface area contributed by atoms with E-state index in [1.165, 1.54) is 11.1 Å². The van der Waals surface area contributed by atoms with E-state index in [0.717, 1.165) is 6.42 Å².